The van der Waals surface area contributed by atoms with Crippen molar-refractivity contribution in [2.75, 3.05) is 28.4 Å². The van der Waals surface area contributed by atoms with E-state index in [1.165, 1.54) is 46.6 Å². The second-order valence-corrected chi connectivity index (χ2v) is 5.99. The molecule has 3 aromatic rings. The molecule has 0 amide bonds. The number of benzene rings is 2. The third-order valence-electron chi connectivity index (χ3n) is 4.25. The molecule has 3 rings (SSSR count). The van der Waals surface area contributed by atoms with Crippen molar-refractivity contribution in [3.05, 3.63) is 46.1 Å². The number of aromatic nitrogens is 1. The summed E-state index contributed by atoms with van der Waals surface area (Å²) >= 11 is 0. The van der Waals surface area contributed by atoms with Gasteiger partial charge in [-0.15, -0.1) is 0 Å². The maximum Gasteiger partial charge on any atom is 0.312 e. The monoisotopic (exact) mass is 429 g/mol. The van der Waals surface area contributed by atoms with Crippen molar-refractivity contribution in [2.24, 2.45) is 4.99 Å². The van der Waals surface area contributed by atoms with Crippen LogP contribution in [0.15, 0.2) is 39.7 Å². The van der Waals surface area contributed by atoms with Gasteiger partial charge in [0.2, 0.25) is 11.6 Å². The molecule has 11 heteroatoms. The van der Waals surface area contributed by atoms with Crippen molar-refractivity contribution in [3.8, 4) is 40.4 Å². The van der Waals surface area contributed by atoms with E-state index < -0.39 is 10.9 Å². The van der Waals surface area contributed by atoms with Gasteiger partial charge in [-0.3, -0.25) is 10.1 Å². The van der Waals surface area contributed by atoms with Crippen LogP contribution < -0.4 is 18.9 Å². The van der Waals surface area contributed by atoms with Gasteiger partial charge in [-0.25, -0.2) is 9.98 Å². The highest BCUT2D eigenvalue weighted by atomic mass is 16.6. The molecule has 11 nitrogen and oxygen atoms in total. The van der Waals surface area contributed by atoms with Crippen LogP contribution in [0.4, 0.5) is 11.4 Å². The van der Waals surface area contributed by atoms with Crippen LogP contribution in [-0.2, 0) is 0 Å². The molecule has 0 fully saturated rings. The average Bonchev–Trinajstić information content (AvgIpc) is 3.16. The second-order valence-electron chi connectivity index (χ2n) is 5.99. The second kappa shape index (κ2) is 9.03. The molecule has 1 N–H and O–H groups in total. The zero-order valence-corrected chi connectivity index (χ0v) is 17.1. The van der Waals surface area contributed by atoms with Gasteiger partial charge >= 0.3 is 5.95 Å². The summed E-state index contributed by atoms with van der Waals surface area (Å²) in [4.78, 5) is 19.0. The highest BCUT2D eigenvalue weighted by molar-refractivity contribution is 5.84. The van der Waals surface area contributed by atoms with Gasteiger partial charge in [0.25, 0.3) is 5.69 Å². The molecular formula is C20H19N3O8. The molecule has 0 aliphatic heterocycles. The first-order valence-electron chi connectivity index (χ1n) is 8.78. The Hall–Kier alpha value is -4.28. The lowest BCUT2D eigenvalue weighted by Gasteiger charge is -2.12. The Bertz CT molecular complexity index is 1110. The average molecular weight is 429 g/mol. The summed E-state index contributed by atoms with van der Waals surface area (Å²) in [6, 6.07) is 7.40. The number of nitro groups is 1. The van der Waals surface area contributed by atoms with Crippen LogP contribution in [0.3, 0.4) is 0 Å². The minimum absolute atomic E-state index is 0.0196. The number of rotatable bonds is 8. The highest BCUT2D eigenvalue weighted by Crippen LogP contribution is 2.41. The smallest absolute Gasteiger partial charge is 0.312 e. The molecule has 0 aliphatic rings. The number of oxazole rings is 1. The zero-order chi connectivity index (χ0) is 22.5. The highest BCUT2D eigenvalue weighted by Gasteiger charge is 2.19. The predicted octanol–water partition coefficient (Wildman–Crippen LogP) is 3.74. The van der Waals surface area contributed by atoms with Crippen molar-refractivity contribution >= 4 is 17.6 Å². The van der Waals surface area contributed by atoms with E-state index >= 15 is 0 Å². The standard InChI is InChI=1S/C20H19N3O8/c1-27-12-5-6-13(15(9-12)23(25)26)21-10-14-20(24)31-19(22-14)11-7-16(28-2)18(30-4)17(8-11)29-3/h5-10,24H,1-4H3. The number of aromatic hydroxyl groups is 1. The predicted molar refractivity (Wildman–Crippen MR) is 110 cm³/mol. The van der Waals surface area contributed by atoms with E-state index in [1.807, 2.05) is 0 Å². The summed E-state index contributed by atoms with van der Waals surface area (Å²) in [7, 11) is 5.81. The van der Waals surface area contributed by atoms with Gasteiger partial charge in [0.05, 0.1) is 45.6 Å². The fraction of sp³-hybridized carbons (Fsp3) is 0.200. The van der Waals surface area contributed by atoms with Crippen molar-refractivity contribution in [1.82, 2.24) is 4.98 Å². The van der Waals surface area contributed by atoms with E-state index in [0.29, 0.717) is 28.6 Å². The molecule has 1 aromatic heterocycles. The van der Waals surface area contributed by atoms with Crippen LogP contribution in [0.1, 0.15) is 5.69 Å². The first-order chi connectivity index (χ1) is 14.9. The third kappa shape index (κ3) is 4.34. The molecule has 31 heavy (non-hydrogen) atoms. The molecule has 0 atom stereocenters. The number of nitro benzene ring substituents is 1. The molecule has 0 aliphatic carbocycles. The number of ether oxygens (including phenoxy) is 4. The van der Waals surface area contributed by atoms with Gasteiger partial charge < -0.3 is 28.5 Å². The van der Waals surface area contributed by atoms with E-state index in [0.717, 1.165) is 6.21 Å². The number of nitrogens with zero attached hydrogens (tertiary/aromatic N) is 3. The van der Waals surface area contributed by atoms with Crippen LogP contribution in [0.5, 0.6) is 28.9 Å². The van der Waals surface area contributed by atoms with E-state index in [2.05, 4.69) is 9.98 Å². The lowest BCUT2D eigenvalue weighted by molar-refractivity contribution is -0.384. The maximum absolute atomic E-state index is 11.3. The van der Waals surface area contributed by atoms with Crippen molar-refractivity contribution in [3.63, 3.8) is 0 Å². The van der Waals surface area contributed by atoms with Crippen LogP contribution in [0.2, 0.25) is 0 Å². The Balaban J connectivity index is 1.98. The molecular weight excluding hydrogens is 410 g/mol. The Morgan fingerprint density at radius 3 is 2.29 bits per heavy atom. The van der Waals surface area contributed by atoms with E-state index in [9.17, 15) is 15.2 Å². The van der Waals surface area contributed by atoms with Gasteiger partial charge in [-0.1, -0.05) is 0 Å². The largest absolute Gasteiger partial charge is 0.496 e. The Labute approximate surface area is 176 Å². The Morgan fingerprint density at radius 1 is 1.06 bits per heavy atom. The van der Waals surface area contributed by atoms with Crippen molar-refractivity contribution in [1.29, 1.82) is 0 Å². The quantitative estimate of drug-likeness (QED) is 0.322. The van der Waals surface area contributed by atoms with Crippen molar-refractivity contribution < 1.29 is 33.4 Å². The normalized spacial score (nSPS) is 10.8. The minimum atomic E-state index is -0.584. The van der Waals surface area contributed by atoms with Crippen LogP contribution >= 0.6 is 0 Å². The fourth-order valence-electron chi connectivity index (χ4n) is 2.75. The van der Waals surface area contributed by atoms with Gasteiger partial charge in [-0.05, 0) is 24.3 Å². The number of methoxy groups -OCH3 is 4. The topological polar surface area (TPSA) is 139 Å². The SMILES string of the molecule is COc1ccc(N=Cc2nc(-c3cc(OC)c(OC)c(OC)c3)oc2O)c([N+](=O)[O-])c1. The molecule has 0 bridgehead atoms. The molecule has 0 saturated carbocycles. The van der Waals surface area contributed by atoms with E-state index in [-0.39, 0.29) is 23.0 Å². The van der Waals surface area contributed by atoms with Gasteiger partial charge in [-0.2, -0.15) is 0 Å². The molecule has 162 valence electrons. The first-order valence-corrected chi connectivity index (χ1v) is 8.78. The van der Waals surface area contributed by atoms with Gasteiger partial charge in [0.1, 0.15) is 11.4 Å². The van der Waals surface area contributed by atoms with Crippen LogP contribution in [0, 0.1) is 10.1 Å². The van der Waals surface area contributed by atoms with E-state index in [4.69, 9.17) is 23.4 Å². The van der Waals surface area contributed by atoms with E-state index in [1.54, 1.807) is 12.1 Å². The molecule has 0 unspecified atom stereocenters. The van der Waals surface area contributed by atoms with Crippen LogP contribution in [-0.4, -0.2) is 49.7 Å². The summed E-state index contributed by atoms with van der Waals surface area (Å²) < 4.78 is 26.2. The molecule has 0 radical (unpaired) electrons. The minimum Gasteiger partial charge on any atom is -0.496 e. The molecule has 0 saturated heterocycles. The fourth-order valence-corrected chi connectivity index (χ4v) is 2.75. The lowest BCUT2D eigenvalue weighted by atomic mass is 10.2. The number of hydrogen-bond acceptors (Lipinski definition) is 10. The molecule has 2 aromatic carbocycles. The molecule has 0 spiro atoms. The summed E-state index contributed by atoms with van der Waals surface area (Å²) in [6.07, 6.45) is 1.16. The Kier molecular flexibility index (Phi) is 6.24. The maximum atomic E-state index is 11.3. The number of aliphatic imine (C=N–C) groups is 1. The van der Waals surface area contributed by atoms with Gasteiger partial charge in [0, 0.05) is 5.56 Å². The first kappa shape index (κ1) is 21.4. The molecule has 1 heterocycles. The number of hydrogen-bond donors (Lipinski definition) is 1. The van der Waals surface area contributed by atoms with Crippen molar-refractivity contribution in [2.45, 2.75) is 0 Å². The summed E-state index contributed by atoms with van der Waals surface area (Å²) in [6.45, 7) is 0. The summed E-state index contributed by atoms with van der Waals surface area (Å²) in [5.74, 6) is 1.00. The third-order valence-corrected chi connectivity index (χ3v) is 4.25. The lowest BCUT2D eigenvalue weighted by Crippen LogP contribution is -1.95. The zero-order valence-electron chi connectivity index (χ0n) is 17.1. The Morgan fingerprint density at radius 2 is 1.74 bits per heavy atom. The summed E-state index contributed by atoms with van der Waals surface area (Å²) in [5, 5.41) is 21.4. The summed E-state index contributed by atoms with van der Waals surface area (Å²) in [5.41, 5.74) is 0.222. The van der Waals surface area contributed by atoms with Gasteiger partial charge in [0.15, 0.2) is 17.2 Å². The van der Waals surface area contributed by atoms with Crippen LogP contribution in [0.25, 0.3) is 11.5 Å².